The van der Waals surface area contributed by atoms with Gasteiger partial charge in [0.2, 0.25) is 0 Å². The number of allylic oxidation sites excluding steroid dienone is 3. The minimum Gasteiger partial charge on any atom is -0.478 e. The molecule has 2 N–H and O–H groups in total. The van der Waals surface area contributed by atoms with Crippen LogP contribution in [0, 0.1) is 5.41 Å². The van der Waals surface area contributed by atoms with Crippen molar-refractivity contribution in [2.75, 3.05) is 0 Å². The number of rotatable bonds is 5. The maximum absolute atomic E-state index is 12.3. The second-order valence-electron chi connectivity index (χ2n) is 6.66. The van der Waals surface area contributed by atoms with Crippen molar-refractivity contribution in [3.05, 3.63) is 34.9 Å². The average molecular weight is 306 g/mol. The van der Waals surface area contributed by atoms with Gasteiger partial charge in [0, 0.05) is 17.9 Å². The van der Waals surface area contributed by atoms with Gasteiger partial charge in [0.25, 0.3) is 0 Å². The summed E-state index contributed by atoms with van der Waals surface area (Å²) in [6, 6.07) is 0. The van der Waals surface area contributed by atoms with E-state index < -0.39 is 17.0 Å². The minimum absolute atomic E-state index is 0.0974. The third kappa shape index (κ3) is 3.55. The van der Waals surface area contributed by atoms with Crippen LogP contribution in [0.3, 0.4) is 0 Å². The first-order valence-corrected chi connectivity index (χ1v) is 7.61. The molecule has 0 aliphatic heterocycles. The van der Waals surface area contributed by atoms with E-state index >= 15 is 0 Å². The second-order valence-corrected chi connectivity index (χ2v) is 6.66. The number of carboxylic acid groups (broad SMARTS) is 1. The van der Waals surface area contributed by atoms with E-state index in [2.05, 4.69) is 0 Å². The number of carboxylic acids is 1. The number of aliphatic carboxylic acids is 1. The normalized spacial score (nSPS) is 25.9. The number of carbonyl (C=O) groups excluding carboxylic acids is 1. The first-order valence-electron chi connectivity index (χ1n) is 7.61. The number of hydrogen-bond donors (Lipinski definition) is 2. The Morgan fingerprint density at radius 1 is 1.36 bits per heavy atom. The van der Waals surface area contributed by atoms with Crippen molar-refractivity contribution in [2.24, 2.45) is 5.41 Å². The Kier molecular flexibility index (Phi) is 5.52. The van der Waals surface area contributed by atoms with E-state index in [-0.39, 0.29) is 12.2 Å². The summed E-state index contributed by atoms with van der Waals surface area (Å²) >= 11 is 0. The highest BCUT2D eigenvalue weighted by Gasteiger charge is 2.49. The molecule has 0 amide bonds. The van der Waals surface area contributed by atoms with Crippen molar-refractivity contribution < 1.29 is 19.8 Å². The first-order chi connectivity index (χ1) is 10.0. The summed E-state index contributed by atoms with van der Waals surface area (Å²) < 4.78 is 0. The third-order valence-electron chi connectivity index (χ3n) is 4.43. The maximum atomic E-state index is 12.3. The van der Waals surface area contributed by atoms with Crippen molar-refractivity contribution in [3.8, 4) is 0 Å². The Balaban J connectivity index is 3.34. The number of hydrogen-bond acceptors (Lipinski definition) is 3. The van der Waals surface area contributed by atoms with Crippen LogP contribution >= 0.6 is 0 Å². The van der Waals surface area contributed by atoms with Gasteiger partial charge in [0.15, 0.2) is 5.78 Å². The van der Waals surface area contributed by atoms with E-state index in [4.69, 9.17) is 5.11 Å². The van der Waals surface area contributed by atoms with Crippen LogP contribution in [0.1, 0.15) is 53.9 Å². The Labute approximate surface area is 132 Å². The molecule has 1 aliphatic rings. The molecule has 22 heavy (non-hydrogen) atoms. The molecule has 0 aromatic carbocycles. The Hall–Kier alpha value is -1.68. The number of Topliss-reactive ketones (excluding diaryl/α,β-unsaturated/α-hetero) is 1. The first kappa shape index (κ1) is 18.4. The summed E-state index contributed by atoms with van der Waals surface area (Å²) in [5.74, 6) is -0.925. The van der Waals surface area contributed by atoms with E-state index in [1.807, 2.05) is 20.8 Å². The molecule has 0 unspecified atom stereocenters. The van der Waals surface area contributed by atoms with Crippen LogP contribution in [0.15, 0.2) is 34.9 Å². The molecule has 0 saturated carbocycles. The van der Waals surface area contributed by atoms with Gasteiger partial charge in [-0.15, -0.1) is 0 Å². The van der Waals surface area contributed by atoms with Gasteiger partial charge < -0.3 is 10.2 Å². The fourth-order valence-corrected chi connectivity index (χ4v) is 3.01. The van der Waals surface area contributed by atoms with Gasteiger partial charge in [-0.1, -0.05) is 33.3 Å². The molecular weight excluding hydrogens is 280 g/mol. The lowest BCUT2D eigenvalue weighted by Crippen LogP contribution is -2.49. The lowest BCUT2D eigenvalue weighted by Gasteiger charge is -2.45. The van der Waals surface area contributed by atoms with Crippen molar-refractivity contribution in [3.63, 3.8) is 0 Å². The van der Waals surface area contributed by atoms with Gasteiger partial charge in [0.1, 0.15) is 5.60 Å². The molecule has 1 aliphatic carbocycles. The second kappa shape index (κ2) is 6.61. The van der Waals surface area contributed by atoms with Crippen molar-refractivity contribution in [1.82, 2.24) is 0 Å². The largest absolute Gasteiger partial charge is 0.478 e. The van der Waals surface area contributed by atoms with Crippen LogP contribution < -0.4 is 0 Å². The molecule has 0 heterocycles. The van der Waals surface area contributed by atoms with E-state index in [9.17, 15) is 14.7 Å². The van der Waals surface area contributed by atoms with Crippen LogP contribution in [0.2, 0.25) is 0 Å². The highest BCUT2D eigenvalue weighted by Crippen LogP contribution is 2.47. The lowest BCUT2D eigenvalue weighted by molar-refractivity contribution is -0.131. The van der Waals surface area contributed by atoms with Gasteiger partial charge in [-0.3, -0.25) is 4.79 Å². The van der Waals surface area contributed by atoms with Crippen molar-refractivity contribution in [2.45, 2.75) is 59.5 Å². The third-order valence-corrected chi connectivity index (χ3v) is 4.43. The van der Waals surface area contributed by atoms with Crippen LogP contribution in [-0.2, 0) is 9.59 Å². The molecule has 0 bridgehead atoms. The monoisotopic (exact) mass is 306 g/mol. The smallest absolute Gasteiger partial charge is 0.328 e. The molecule has 0 aromatic heterocycles. The summed E-state index contributed by atoms with van der Waals surface area (Å²) in [6.07, 6.45) is 6.10. The fourth-order valence-electron chi connectivity index (χ4n) is 3.01. The van der Waals surface area contributed by atoms with Crippen LogP contribution in [0.25, 0.3) is 0 Å². The standard InChI is InChI=1S/C18H26O4/c1-6-7-14-13(3)18(22,17(4,5)11-15(14)19)9-8-12(2)10-16(20)21/h8-10,22H,6-7,11H2,1-5H3,(H,20,21)/t18-/m1/s1. The van der Waals surface area contributed by atoms with E-state index in [0.29, 0.717) is 23.1 Å². The van der Waals surface area contributed by atoms with Crippen LogP contribution in [0.5, 0.6) is 0 Å². The summed E-state index contributed by atoms with van der Waals surface area (Å²) in [5, 5.41) is 20.0. The molecule has 4 heteroatoms. The van der Waals surface area contributed by atoms with E-state index in [1.54, 1.807) is 26.0 Å². The zero-order valence-corrected chi connectivity index (χ0v) is 14.1. The van der Waals surface area contributed by atoms with Crippen molar-refractivity contribution in [1.29, 1.82) is 0 Å². The average Bonchev–Trinajstić information content (AvgIpc) is 2.38. The quantitative estimate of drug-likeness (QED) is 0.603. The van der Waals surface area contributed by atoms with E-state index in [0.717, 1.165) is 12.5 Å². The van der Waals surface area contributed by atoms with Gasteiger partial charge >= 0.3 is 5.97 Å². The number of ketones is 1. The van der Waals surface area contributed by atoms with Crippen LogP contribution in [-0.4, -0.2) is 27.6 Å². The van der Waals surface area contributed by atoms with Crippen molar-refractivity contribution >= 4 is 11.8 Å². The SMILES string of the molecule is CCCC1=C(C)[C@](O)(C=CC(C)=CC(=O)O)C(C)(C)CC1=O. The Morgan fingerprint density at radius 3 is 2.45 bits per heavy atom. The maximum Gasteiger partial charge on any atom is 0.328 e. The summed E-state index contributed by atoms with van der Waals surface area (Å²) in [7, 11) is 0. The molecule has 0 saturated heterocycles. The predicted octanol–water partition coefficient (Wildman–Crippen LogP) is 3.42. The summed E-state index contributed by atoms with van der Waals surface area (Å²) in [5.41, 5.74) is 0.0343. The molecule has 0 radical (unpaired) electrons. The molecule has 0 aromatic rings. The van der Waals surface area contributed by atoms with Crippen LogP contribution in [0.4, 0.5) is 0 Å². The zero-order chi connectivity index (χ0) is 17.1. The Morgan fingerprint density at radius 2 is 1.95 bits per heavy atom. The van der Waals surface area contributed by atoms with Gasteiger partial charge in [0.05, 0.1) is 0 Å². The minimum atomic E-state index is -1.25. The Bertz CT molecular complexity index is 564. The topological polar surface area (TPSA) is 74.6 Å². The molecule has 0 spiro atoms. The highest BCUT2D eigenvalue weighted by atomic mass is 16.4. The van der Waals surface area contributed by atoms with E-state index in [1.165, 1.54) is 0 Å². The molecule has 1 atom stereocenters. The molecular formula is C18H26O4. The van der Waals surface area contributed by atoms with Gasteiger partial charge in [-0.2, -0.15) is 0 Å². The van der Waals surface area contributed by atoms with Gasteiger partial charge in [-0.05, 0) is 43.1 Å². The number of aliphatic hydroxyl groups is 1. The predicted molar refractivity (Wildman–Crippen MR) is 86.5 cm³/mol. The summed E-state index contributed by atoms with van der Waals surface area (Å²) in [4.78, 5) is 23.0. The molecule has 4 nitrogen and oxygen atoms in total. The highest BCUT2D eigenvalue weighted by molar-refractivity contribution is 5.98. The molecule has 0 fully saturated rings. The van der Waals surface area contributed by atoms with Gasteiger partial charge in [-0.25, -0.2) is 4.79 Å². The zero-order valence-electron chi connectivity index (χ0n) is 14.1. The fraction of sp³-hybridized carbons (Fsp3) is 0.556. The number of carbonyl (C=O) groups is 2. The molecule has 122 valence electrons. The lowest BCUT2D eigenvalue weighted by atomic mass is 9.62. The summed E-state index contributed by atoms with van der Waals surface area (Å²) in [6.45, 7) is 9.18. The molecule has 1 rings (SSSR count).